The van der Waals surface area contributed by atoms with Crippen molar-refractivity contribution in [1.29, 1.82) is 0 Å². The maximum absolute atomic E-state index is 12.1. The Morgan fingerprint density at radius 3 is 2.53 bits per heavy atom. The average Bonchev–Trinajstić information content (AvgIpc) is 3.25. The molecule has 2 aliphatic rings. The fourth-order valence-corrected chi connectivity index (χ4v) is 4.18. The smallest absolute Gasteiger partial charge is 0.233 e. The van der Waals surface area contributed by atoms with Crippen molar-refractivity contribution in [3.05, 3.63) is 18.3 Å². The highest BCUT2D eigenvalue weighted by Crippen LogP contribution is 2.32. The van der Waals surface area contributed by atoms with Gasteiger partial charge in [0.1, 0.15) is 6.10 Å². The van der Waals surface area contributed by atoms with Crippen LogP contribution in [0.15, 0.2) is 18.3 Å². The minimum absolute atomic E-state index is 0.0300. The number of rotatable bonds is 4. The summed E-state index contributed by atoms with van der Waals surface area (Å²) in [5, 5.41) is 7.51. The van der Waals surface area contributed by atoms with Gasteiger partial charge >= 0.3 is 0 Å². The zero-order valence-corrected chi connectivity index (χ0v) is 11.4. The lowest BCUT2D eigenvalue weighted by atomic mass is 10.1. The van der Waals surface area contributed by atoms with Crippen molar-refractivity contribution in [1.82, 2.24) is 14.5 Å². The van der Waals surface area contributed by atoms with E-state index in [1.807, 2.05) is 0 Å². The van der Waals surface area contributed by atoms with Crippen molar-refractivity contribution in [3.63, 3.8) is 0 Å². The second-order valence-corrected chi connectivity index (χ2v) is 7.24. The number of sulfonamides is 1. The Balaban J connectivity index is 1.55. The van der Waals surface area contributed by atoms with Gasteiger partial charge in [-0.1, -0.05) is 0 Å². The topological polar surface area (TPSA) is 72.4 Å². The molecule has 104 valence electrons. The summed E-state index contributed by atoms with van der Waals surface area (Å²) in [5.41, 5.74) is 0. The Hall–Kier alpha value is -1.21. The molecule has 6 nitrogen and oxygen atoms in total. The van der Waals surface area contributed by atoms with Crippen LogP contribution < -0.4 is 4.74 Å². The first-order valence-electron chi connectivity index (χ1n) is 6.59. The van der Waals surface area contributed by atoms with Gasteiger partial charge in [0, 0.05) is 25.4 Å². The highest BCUT2D eigenvalue weighted by molar-refractivity contribution is 7.90. The lowest BCUT2D eigenvalue weighted by Crippen LogP contribution is -2.43. The summed E-state index contributed by atoms with van der Waals surface area (Å²) in [5.74, 6) is 0.506. The average molecular weight is 283 g/mol. The van der Waals surface area contributed by atoms with Gasteiger partial charge in [-0.05, 0) is 31.7 Å². The molecular formula is C12H17N3O3S. The molecular weight excluding hydrogens is 266 g/mol. The lowest BCUT2D eigenvalue weighted by molar-refractivity contribution is 0.128. The third kappa shape index (κ3) is 2.87. The van der Waals surface area contributed by atoms with E-state index < -0.39 is 10.0 Å². The van der Waals surface area contributed by atoms with Crippen LogP contribution in [0, 0.1) is 0 Å². The SMILES string of the molecule is O=S(=O)(C1CC1)N1CCC(Oc2cccnn2)CC1. The Morgan fingerprint density at radius 2 is 1.95 bits per heavy atom. The molecule has 19 heavy (non-hydrogen) atoms. The van der Waals surface area contributed by atoms with Gasteiger partial charge in [-0.3, -0.25) is 0 Å². The van der Waals surface area contributed by atoms with E-state index in [1.54, 1.807) is 22.6 Å². The fraction of sp³-hybridized carbons (Fsp3) is 0.667. The van der Waals surface area contributed by atoms with Crippen LogP contribution in [-0.4, -0.2) is 47.4 Å². The largest absolute Gasteiger partial charge is 0.473 e. The number of hydrogen-bond donors (Lipinski definition) is 0. The number of piperidine rings is 1. The first kappa shape index (κ1) is 12.8. The summed E-state index contributed by atoms with van der Waals surface area (Å²) in [6.45, 7) is 1.09. The first-order valence-corrected chi connectivity index (χ1v) is 8.10. The molecule has 1 aliphatic heterocycles. The second-order valence-electron chi connectivity index (χ2n) is 5.02. The third-order valence-corrected chi connectivity index (χ3v) is 5.94. The summed E-state index contributed by atoms with van der Waals surface area (Å²) in [7, 11) is -3.04. The Morgan fingerprint density at radius 1 is 1.21 bits per heavy atom. The third-order valence-electron chi connectivity index (χ3n) is 3.54. The van der Waals surface area contributed by atoms with E-state index in [2.05, 4.69) is 10.2 Å². The lowest BCUT2D eigenvalue weighted by Gasteiger charge is -2.31. The van der Waals surface area contributed by atoms with Gasteiger partial charge in [0.25, 0.3) is 0 Å². The van der Waals surface area contributed by atoms with E-state index in [-0.39, 0.29) is 11.4 Å². The van der Waals surface area contributed by atoms with Gasteiger partial charge < -0.3 is 4.74 Å². The zero-order valence-electron chi connectivity index (χ0n) is 10.6. The summed E-state index contributed by atoms with van der Waals surface area (Å²) >= 11 is 0. The molecule has 1 saturated carbocycles. The van der Waals surface area contributed by atoms with Gasteiger partial charge in [0.15, 0.2) is 0 Å². The standard InChI is InChI=1S/C12H17N3O3S/c16-19(17,11-3-4-11)15-8-5-10(6-9-15)18-12-2-1-7-13-14-12/h1-2,7,10-11H,3-6,8-9H2. The number of ether oxygens (including phenoxy) is 1. The van der Waals surface area contributed by atoms with Gasteiger partial charge in [-0.25, -0.2) is 12.7 Å². The molecule has 0 unspecified atom stereocenters. The van der Waals surface area contributed by atoms with Gasteiger partial charge in [-0.15, -0.1) is 5.10 Å². The molecule has 1 aliphatic carbocycles. The van der Waals surface area contributed by atoms with Crippen LogP contribution in [-0.2, 0) is 10.0 Å². The normalized spacial score (nSPS) is 22.3. The summed E-state index contributed by atoms with van der Waals surface area (Å²) in [6, 6.07) is 3.54. The number of aromatic nitrogens is 2. The Kier molecular flexibility index (Phi) is 3.40. The highest BCUT2D eigenvalue weighted by atomic mass is 32.2. The number of hydrogen-bond acceptors (Lipinski definition) is 5. The van der Waals surface area contributed by atoms with E-state index in [1.165, 1.54) is 0 Å². The van der Waals surface area contributed by atoms with E-state index in [4.69, 9.17) is 4.74 Å². The summed E-state index contributed by atoms with van der Waals surface area (Å²) in [6.07, 6.45) is 4.68. The molecule has 7 heteroatoms. The minimum atomic E-state index is -3.04. The van der Waals surface area contributed by atoms with Crippen LogP contribution in [0.1, 0.15) is 25.7 Å². The Bertz CT molecular complexity index is 522. The molecule has 0 aromatic carbocycles. The maximum Gasteiger partial charge on any atom is 0.233 e. The van der Waals surface area contributed by atoms with Gasteiger partial charge in [-0.2, -0.15) is 5.10 Å². The molecule has 2 fully saturated rings. The molecule has 0 bridgehead atoms. The second kappa shape index (κ2) is 5.05. The first-order chi connectivity index (χ1) is 9.16. The zero-order chi connectivity index (χ0) is 13.3. The molecule has 2 heterocycles. The predicted octanol–water partition coefficient (Wildman–Crippen LogP) is 0.812. The molecule has 0 amide bonds. The predicted molar refractivity (Wildman–Crippen MR) is 69.2 cm³/mol. The molecule has 1 saturated heterocycles. The van der Waals surface area contributed by atoms with E-state index in [0.29, 0.717) is 31.8 Å². The molecule has 0 atom stereocenters. The van der Waals surface area contributed by atoms with E-state index >= 15 is 0 Å². The van der Waals surface area contributed by atoms with Crippen molar-refractivity contribution in [2.24, 2.45) is 0 Å². The quantitative estimate of drug-likeness (QED) is 0.817. The van der Waals surface area contributed by atoms with Crippen LogP contribution in [0.5, 0.6) is 5.88 Å². The minimum Gasteiger partial charge on any atom is -0.473 e. The molecule has 0 N–H and O–H groups in total. The van der Waals surface area contributed by atoms with Crippen molar-refractivity contribution in [2.45, 2.75) is 37.0 Å². The molecule has 0 radical (unpaired) electrons. The van der Waals surface area contributed by atoms with Crippen LogP contribution in [0.25, 0.3) is 0 Å². The van der Waals surface area contributed by atoms with Gasteiger partial charge in [0.2, 0.25) is 15.9 Å². The van der Waals surface area contributed by atoms with Crippen LogP contribution in [0.4, 0.5) is 0 Å². The van der Waals surface area contributed by atoms with Crippen molar-refractivity contribution >= 4 is 10.0 Å². The Labute approximate surface area is 112 Å². The van der Waals surface area contributed by atoms with Crippen molar-refractivity contribution in [2.75, 3.05) is 13.1 Å². The van der Waals surface area contributed by atoms with Crippen molar-refractivity contribution < 1.29 is 13.2 Å². The highest BCUT2D eigenvalue weighted by Gasteiger charge is 2.41. The van der Waals surface area contributed by atoms with E-state index in [9.17, 15) is 8.42 Å². The fourth-order valence-electron chi connectivity index (χ4n) is 2.30. The molecule has 1 aromatic rings. The van der Waals surface area contributed by atoms with Crippen LogP contribution in [0.2, 0.25) is 0 Å². The summed E-state index contributed by atoms with van der Waals surface area (Å²) < 4.78 is 31.5. The molecule has 3 rings (SSSR count). The van der Waals surface area contributed by atoms with Crippen LogP contribution >= 0.6 is 0 Å². The van der Waals surface area contributed by atoms with Gasteiger partial charge in [0.05, 0.1) is 5.25 Å². The van der Waals surface area contributed by atoms with Crippen molar-refractivity contribution in [3.8, 4) is 5.88 Å². The number of nitrogens with zero attached hydrogens (tertiary/aromatic N) is 3. The van der Waals surface area contributed by atoms with Crippen LogP contribution in [0.3, 0.4) is 0 Å². The monoisotopic (exact) mass is 283 g/mol. The molecule has 0 spiro atoms. The molecule has 1 aromatic heterocycles. The van der Waals surface area contributed by atoms with E-state index in [0.717, 1.165) is 12.8 Å². The maximum atomic E-state index is 12.1. The summed E-state index contributed by atoms with van der Waals surface area (Å²) in [4.78, 5) is 0.